The minimum atomic E-state index is -0.580. The number of hydrogen-bond acceptors (Lipinski definition) is 6. The summed E-state index contributed by atoms with van der Waals surface area (Å²) in [6.07, 6.45) is 1.39. The number of rotatable bonds is 6. The van der Waals surface area contributed by atoms with Crippen molar-refractivity contribution in [3.8, 4) is 11.8 Å². The van der Waals surface area contributed by atoms with Gasteiger partial charge in [-0.05, 0) is 55.3 Å². The number of thiazole rings is 1. The van der Waals surface area contributed by atoms with Gasteiger partial charge in [-0.15, -0.1) is 11.3 Å². The number of ether oxygens (including phenoxy) is 1. The van der Waals surface area contributed by atoms with Crippen LogP contribution >= 0.6 is 11.3 Å². The van der Waals surface area contributed by atoms with Gasteiger partial charge in [-0.1, -0.05) is 18.2 Å². The van der Waals surface area contributed by atoms with E-state index in [2.05, 4.69) is 10.3 Å². The number of carbonyl (C=O) groups is 2. The van der Waals surface area contributed by atoms with Crippen LogP contribution in [-0.2, 0) is 9.59 Å². The first-order valence-corrected chi connectivity index (χ1v) is 10.6. The molecule has 2 aromatic carbocycles. The van der Waals surface area contributed by atoms with Crippen LogP contribution in [0.15, 0.2) is 53.4 Å². The van der Waals surface area contributed by atoms with Gasteiger partial charge in [0.25, 0.3) is 5.91 Å². The third-order valence-electron chi connectivity index (χ3n) is 4.78. The standard InChI is InChI=1S/C24H22N4O3S/c1-15-9-10-20(11-16(15)2)28(17(3)29)24-26-19(14-32-24)12-18(13-25)23(30)27-21-7-5-6-8-22(21)31-4/h5-12,14H,1-4H3,(H,27,30)/b18-12+. The van der Waals surface area contributed by atoms with Crippen LogP contribution in [0.3, 0.4) is 0 Å². The monoisotopic (exact) mass is 446 g/mol. The number of nitrogens with one attached hydrogen (secondary N) is 1. The Balaban J connectivity index is 1.88. The Morgan fingerprint density at radius 3 is 2.59 bits per heavy atom. The second-order valence-corrected chi connectivity index (χ2v) is 7.84. The van der Waals surface area contributed by atoms with Crippen molar-refractivity contribution < 1.29 is 14.3 Å². The Morgan fingerprint density at radius 1 is 1.19 bits per heavy atom. The minimum Gasteiger partial charge on any atom is -0.495 e. The van der Waals surface area contributed by atoms with Crippen molar-refractivity contribution in [1.29, 1.82) is 5.26 Å². The highest BCUT2D eigenvalue weighted by Gasteiger charge is 2.19. The van der Waals surface area contributed by atoms with Gasteiger partial charge in [0.1, 0.15) is 17.4 Å². The quantitative estimate of drug-likeness (QED) is 0.425. The number of para-hydroxylation sites is 2. The highest BCUT2D eigenvalue weighted by Crippen LogP contribution is 2.31. The molecule has 0 bridgehead atoms. The number of aryl methyl sites for hydroxylation is 2. The Morgan fingerprint density at radius 2 is 1.94 bits per heavy atom. The number of hydrogen-bond donors (Lipinski definition) is 1. The third kappa shape index (κ3) is 5.02. The van der Waals surface area contributed by atoms with Gasteiger partial charge < -0.3 is 10.1 Å². The van der Waals surface area contributed by atoms with Gasteiger partial charge in [-0.3, -0.25) is 14.5 Å². The maximum absolute atomic E-state index is 12.6. The van der Waals surface area contributed by atoms with Crippen LogP contribution in [-0.4, -0.2) is 23.9 Å². The Kier molecular flexibility index (Phi) is 7.03. The molecule has 0 aliphatic carbocycles. The molecule has 0 spiro atoms. The van der Waals surface area contributed by atoms with Crippen LogP contribution in [0.25, 0.3) is 6.08 Å². The summed E-state index contributed by atoms with van der Waals surface area (Å²) in [5.41, 5.74) is 3.64. The molecule has 0 radical (unpaired) electrons. The zero-order valence-electron chi connectivity index (χ0n) is 18.2. The molecule has 8 heteroatoms. The van der Waals surface area contributed by atoms with E-state index in [4.69, 9.17) is 4.74 Å². The molecule has 0 atom stereocenters. The van der Waals surface area contributed by atoms with E-state index in [1.165, 1.54) is 36.3 Å². The van der Waals surface area contributed by atoms with E-state index >= 15 is 0 Å². The number of methoxy groups -OCH3 is 1. The summed E-state index contributed by atoms with van der Waals surface area (Å²) in [6.45, 7) is 5.45. The van der Waals surface area contributed by atoms with Crippen molar-refractivity contribution in [2.24, 2.45) is 0 Å². The maximum atomic E-state index is 12.6. The van der Waals surface area contributed by atoms with E-state index < -0.39 is 5.91 Å². The van der Waals surface area contributed by atoms with E-state index in [0.29, 0.717) is 27.9 Å². The summed E-state index contributed by atoms with van der Waals surface area (Å²) in [7, 11) is 1.50. The molecule has 1 heterocycles. The molecule has 2 amide bonds. The molecule has 1 aromatic heterocycles. The smallest absolute Gasteiger partial charge is 0.266 e. The fourth-order valence-electron chi connectivity index (χ4n) is 2.97. The zero-order valence-corrected chi connectivity index (χ0v) is 19.0. The average molecular weight is 447 g/mol. The molecular weight excluding hydrogens is 424 g/mol. The molecule has 7 nitrogen and oxygen atoms in total. The molecule has 0 aliphatic rings. The van der Waals surface area contributed by atoms with Crippen LogP contribution in [0.1, 0.15) is 23.7 Å². The van der Waals surface area contributed by atoms with Gasteiger partial charge in [0.15, 0.2) is 5.13 Å². The number of nitriles is 1. The Bertz CT molecular complexity index is 1240. The van der Waals surface area contributed by atoms with Crippen molar-refractivity contribution in [1.82, 2.24) is 4.98 Å². The van der Waals surface area contributed by atoms with Crippen molar-refractivity contribution >= 4 is 45.7 Å². The van der Waals surface area contributed by atoms with E-state index in [1.54, 1.807) is 29.6 Å². The maximum Gasteiger partial charge on any atom is 0.266 e. The van der Waals surface area contributed by atoms with Crippen LogP contribution in [0.5, 0.6) is 5.75 Å². The van der Waals surface area contributed by atoms with Gasteiger partial charge in [0, 0.05) is 12.3 Å². The van der Waals surface area contributed by atoms with Gasteiger partial charge in [0.2, 0.25) is 5.91 Å². The van der Waals surface area contributed by atoms with Gasteiger partial charge >= 0.3 is 0 Å². The molecule has 0 saturated carbocycles. The molecule has 32 heavy (non-hydrogen) atoms. The fraction of sp³-hybridized carbons (Fsp3) is 0.167. The number of aromatic nitrogens is 1. The normalized spacial score (nSPS) is 10.9. The first-order chi connectivity index (χ1) is 15.3. The number of anilines is 3. The van der Waals surface area contributed by atoms with Crippen LogP contribution in [0.2, 0.25) is 0 Å². The summed E-state index contributed by atoms with van der Waals surface area (Å²) in [5.74, 6) is -0.281. The summed E-state index contributed by atoms with van der Waals surface area (Å²) in [4.78, 5) is 30.9. The lowest BCUT2D eigenvalue weighted by molar-refractivity contribution is -0.116. The second kappa shape index (κ2) is 9.90. The van der Waals surface area contributed by atoms with Gasteiger partial charge in [-0.25, -0.2) is 4.98 Å². The first-order valence-electron chi connectivity index (χ1n) is 9.73. The highest BCUT2D eigenvalue weighted by atomic mass is 32.1. The zero-order chi connectivity index (χ0) is 23.3. The molecule has 3 aromatic rings. The van der Waals surface area contributed by atoms with Crippen LogP contribution < -0.4 is 15.0 Å². The van der Waals surface area contributed by atoms with Crippen molar-refractivity contribution in [3.63, 3.8) is 0 Å². The van der Waals surface area contributed by atoms with Crippen LogP contribution in [0.4, 0.5) is 16.5 Å². The predicted octanol–water partition coefficient (Wildman–Crippen LogP) is 5.00. The molecular formula is C24H22N4O3S. The number of nitrogens with zero attached hydrogens (tertiary/aromatic N) is 3. The molecule has 1 N–H and O–H groups in total. The lowest BCUT2D eigenvalue weighted by atomic mass is 10.1. The van der Waals surface area contributed by atoms with Gasteiger partial charge in [-0.2, -0.15) is 5.26 Å². The number of benzene rings is 2. The first kappa shape index (κ1) is 22.7. The average Bonchev–Trinajstić information content (AvgIpc) is 3.22. The van der Waals surface area contributed by atoms with E-state index in [1.807, 2.05) is 38.1 Å². The fourth-order valence-corrected chi connectivity index (χ4v) is 3.82. The molecule has 0 saturated heterocycles. The summed E-state index contributed by atoms with van der Waals surface area (Å²) in [6, 6.07) is 14.6. The molecule has 3 rings (SSSR count). The largest absolute Gasteiger partial charge is 0.495 e. The summed E-state index contributed by atoms with van der Waals surface area (Å²) < 4.78 is 5.22. The van der Waals surface area contributed by atoms with E-state index in [0.717, 1.165) is 11.1 Å². The third-order valence-corrected chi connectivity index (χ3v) is 5.62. The van der Waals surface area contributed by atoms with E-state index in [-0.39, 0.29) is 11.5 Å². The van der Waals surface area contributed by atoms with Crippen molar-refractivity contribution in [3.05, 3.63) is 70.2 Å². The summed E-state index contributed by atoms with van der Waals surface area (Å²) >= 11 is 1.25. The number of amides is 2. The molecule has 0 unspecified atom stereocenters. The van der Waals surface area contributed by atoms with Crippen molar-refractivity contribution in [2.45, 2.75) is 20.8 Å². The van der Waals surface area contributed by atoms with Crippen molar-refractivity contribution in [2.75, 3.05) is 17.3 Å². The Hall–Kier alpha value is -3.96. The predicted molar refractivity (Wildman–Crippen MR) is 126 cm³/mol. The molecule has 162 valence electrons. The lowest BCUT2D eigenvalue weighted by Crippen LogP contribution is -2.22. The lowest BCUT2D eigenvalue weighted by Gasteiger charge is -2.19. The number of carbonyl (C=O) groups excluding carboxylic acids is 2. The van der Waals surface area contributed by atoms with E-state index in [9.17, 15) is 14.9 Å². The topological polar surface area (TPSA) is 95.3 Å². The highest BCUT2D eigenvalue weighted by molar-refractivity contribution is 7.14. The summed E-state index contributed by atoms with van der Waals surface area (Å²) in [5, 5.41) is 14.3. The Labute approximate surface area is 190 Å². The van der Waals surface area contributed by atoms with Gasteiger partial charge in [0.05, 0.1) is 24.2 Å². The SMILES string of the molecule is COc1ccccc1NC(=O)/C(C#N)=C/c1csc(N(C(C)=O)c2ccc(C)c(C)c2)n1. The minimum absolute atomic E-state index is 0.117. The molecule has 0 aliphatic heterocycles. The second-order valence-electron chi connectivity index (χ2n) is 7.00. The molecule has 0 fully saturated rings. The van der Waals surface area contributed by atoms with Crippen LogP contribution in [0, 0.1) is 25.2 Å².